The summed E-state index contributed by atoms with van der Waals surface area (Å²) in [5, 5.41) is 3.86. The molecule has 0 amide bonds. The Balaban J connectivity index is 1.80. The third kappa shape index (κ3) is 3.45. The second kappa shape index (κ2) is 7.20. The Bertz CT molecular complexity index is 795. The Morgan fingerprint density at radius 1 is 1.30 bits per heavy atom. The minimum absolute atomic E-state index is 0.261. The van der Waals surface area contributed by atoms with Gasteiger partial charge in [-0.3, -0.25) is 0 Å². The molecular weight excluding hydrogens is 332 g/mol. The number of hydrogen-bond acceptors (Lipinski definition) is 3. The van der Waals surface area contributed by atoms with E-state index in [-0.39, 0.29) is 5.54 Å². The number of fused-ring (bicyclic) bond motifs is 2. The summed E-state index contributed by atoms with van der Waals surface area (Å²) in [6, 6.07) is 1.12. The molecule has 0 aromatic carbocycles. The zero-order valence-corrected chi connectivity index (χ0v) is 17.1. The van der Waals surface area contributed by atoms with Crippen LogP contribution in [-0.2, 0) is 4.74 Å². The SMILES string of the molecule is C\C=C/C=C1\C(=C/C)OC2=C(C=CC(C)=CC2)N1C1CC2CCC(C)(C1)N2. The zero-order chi connectivity index (χ0) is 19.0. The van der Waals surface area contributed by atoms with Crippen LogP contribution in [0.1, 0.15) is 59.8 Å². The van der Waals surface area contributed by atoms with Crippen molar-refractivity contribution < 1.29 is 4.74 Å². The van der Waals surface area contributed by atoms with E-state index in [1.54, 1.807) is 0 Å². The molecule has 2 bridgehead atoms. The molecule has 2 saturated heterocycles. The maximum absolute atomic E-state index is 6.38. The van der Waals surface area contributed by atoms with Crippen molar-refractivity contribution in [3.05, 3.63) is 71.0 Å². The second-order valence-corrected chi connectivity index (χ2v) is 8.53. The lowest BCUT2D eigenvalue weighted by Crippen LogP contribution is -2.54. The van der Waals surface area contributed by atoms with Crippen LogP contribution in [0.5, 0.6) is 0 Å². The number of piperidine rings is 1. The molecule has 0 radical (unpaired) electrons. The van der Waals surface area contributed by atoms with Gasteiger partial charge in [0.25, 0.3) is 0 Å². The fourth-order valence-electron chi connectivity index (χ4n) is 5.02. The van der Waals surface area contributed by atoms with Crippen molar-refractivity contribution in [2.24, 2.45) is 0 Å². The molecule has 3 unspecified atom stereocenters. The molecule has 4 aliphatic rings. The number of ether oxygens (including phenoxy) is 1. The van der Waals surface area contributed by atoms with Crippen molar-refractivity contribution in [3.63, 3.8) is 0 Å². The van der Waals surface area contributed by atoms with E-state index in [1.807, 2.05) is 0 Å². The lowest BCUT2D eigenvalue weighted by Gasteiger charge is -2.46. The first kappa shape index (κ1) is 18.4. The normalized spacial score (nSPS) is 36.3. The van der Waals surface area contributed by atoms with E-state index >= 15 is 0 Å². The van der Waals surface area contributed by atoms with Crippen LogP contribution in [0, 0.1) is 0 Å². The number of nitrogens with zero attached hydrogens (tertiary/aromatic N) is 1. The summed E-state index contributed by atoms with van der Waals surface area (Å²) in [5.41, 5.74) is 3.98. The summed E-state index contributed by atoms with van der Waals surface area (Å²) in [6.07, 6.45) is 21.1. The number of allylic oxidation sites excluding steroid dienone is 8. The van der Waals surface area contributed by atoms with Gasteiger partial charge in [0.15, 0.2) is 0 Å². The van der Waals surface area contributed by atoms with Gasteiger partial charge in [-0.05, 0) is 71.6 Å². The van der Waals surface area contributed by atoms with Crippen LogP contribution in [0.25, 0.3) is 0 Å². The quantitative estimate of drug-likeness (QED) is 0.703. The first-order valence-corrected chi connectivity index (χ1v) is 10.4. The Kier molecular flexibility index (Phi) is 4.90. The molecule has 1 N–H and O–H groups in total. The van der Waals surface area contributed by atoms with E-state index < -0.39 is 0 Å². The summed E-state index contributed by atoms with van der Waals surface area (Å²) in [6.45, 7) is 8.70. The van der Waals surface area contributed by atoms with Gasteiger partial charge in [-0.2, -0.15) is 0 Å². The highest BCUT2D eigenvalue weighted by molar-refractivity contribution is 5.44. The van der Waals surface area contributed by atoms with Crippen molar-refractivity contribution >= 4 is 0 Å². The van der Waals surface area contributed by atoms with E-state index in [1.165, 1.54) is 42.7 Å². The van der Waals surface area contributed by atoms with Gasteiger partial charge in [-0.25, -0.2) is 0 Å². The molecule has 2 fully saturated rings. The van der Waals surface area contributed by atoms with Crippen molar-refractivity contribution in [1.82, 2.24) is 10.2 Å². The van der Waals surface area contributed by atoms with Gasteiger partial charge in [0, 0.05) is 24.0 Å². The van der Waals surface area contributed by atoms with Crippen molar-refractivity contribution in [2.45, 2.75) is 77.4 Å². The number of rotatable bonds is 2. The van der Waals surface area contributed by atoms with Gasteiger partial charge in [0.05, 0.1) is 11.4 Å². The Morgan fingerprint density at radius 2 is 2.15 bits per heavy atom. The molecule has 3 heterocycles. The third-order valence-corrected chi connectivity index (χ3v) is 6.32. The van der Waals surface area contributed by atoms with Crippen molar-refractivity contribution in [2.75, 3.05) is 0 Å². The van der Waals surface area contributed by atoms with Crippen molar-refractivity contribution in [1.29, 1.82) is 0 Å². The second-order valence-electron chi connectivity index (χ2n) is 8.53. The van der Waals surface area contributed by atoms with E-state index in [9.17, 15) is 0 Å². The molecule has 0 saturated carbocycles. The lowest BCUT2D eigenvalue weighted by atomic mass is 9.87. The molecule has 1 aliphatic carbocycles. The Labute approximate surface area is 163 Å². The fourth-order valence-corrected chi connectivity index (χ4v) is 5.02. The topological polar surface area (TPSA) is 24.5 Å². The van der Waals surface area contributed by atoms with Gasteiger partial charge in [-0.1, -0.05) is 29.9 Å². The minimum atomic E-state index is 0.261. The summed E-state index contributed by atoms with van der Waals surface area (Å²) in [4.78, 5) is 2.58. The predicted molar refractivity (Wildman–Crippen MR) is 112 cm³/mol. The van der Waals surface area contributed by atoms with Gasteiger partial charge in [0.2, 0.25) is 0 Å². The maximum atomic E-state index is 6.38. The first-order chi connectivity index (χ1) is 13.0. The highest BCUT2D eigenvalue weighted by Gasteiger charge is 2.45. The molecular formula is C24H32N2O. The van der Waals surface area contributed by atoms with E-state index in [0.29, 0.717) is 12.1 Å². The molecule has 3 nitrogen and oxygen atoms in total. The molecule has 144 valence electrons. The highest BCUT2D eigenvalue weighted by atomic mass is 16.5. The van der Waals surface area contributed by atoms with Crippen LogP contribution in [0.4, 0.5) is 0 Å². The average molecular weight is 365 g/mol. The van der Waals surface area contributed by atoms with Crippen LogP contribution < -0.4 is 5.32 Å². The minimum Gasteiger partial charge on any atom is -0.457 e. The fraction of sp³-hybridized carbons (Fsp3) is 0.500. The highest BCUT2D eigenvalue weighted by Crippen LogP contribution is 2.44. The van der Waals surface area contributed by atoms with Crippen LogP contribution in [-0.4, -0.2) is 22.5 Å². The third-order valence-electron chi connectivity index (χ3n) is 6.32. The van der Waals surface area contributed by atoms with Crippen LogP contribution in [0.15, 0.2) is 71.0 Å². The van der Waals surface area contributed by atoms with Crippen LogP contribution in [0.2, 0.25) is 0 Å². The number of hydrogen-bond donors (Lipinski definition) is 1. The molecule has 3 atom stereocenters. The molecule has 3 heteroatoms. The van der Waals surface area contributed by atoms with E-state index in [0.717, 1.165) is 17.9 Å². The van der Waals surface area contributed by atoms with E-state index in [2.05, 4.69) is 80.4 Å². The van der Waals surface area contributed by atoms with Crippen molar-refractivity contribution in [3.8, 4) is 0 Å². The smallest absolute Gasteiger partial charge is 0.146 e. The van der Waals surface area contributed by atoms with Crippen LogP contribution in [0.3, 0.4) is 0 Å². The largest absolute Gasteiger partial charge is 0.457 e. The summed E-state index contributed by atoms with van der Waals surface area (Å²) in [7, 11) is 0. The van der Waals surface area contributed by atoms with Gasteiger partial charge < -0.3 is 15.0 Å². The molecule has 3 aliphatic heterocycles. The van der Waals surface area contributed by atoms with Gasteiger partial charge in [0.1, 0.15) is 11.5 Å². The predicted octanol–water partition coefficient (Wildman–Crippen LogP) is 5.47. The maximum Gasteiger partial charge on any atom is 0.146 e. The van der Waals surface area contributed by atoms with Gasteiger partial charge in [-0.15, -0.1) is 0 Å². The molecule has 0 aromatic heterocycles. The molecule has 27 heavy (non-hydrogen) atoms. The Hall–Kier alpha value is -2.00. The molecule has 0 aromatic rings. The summed E-state index contributed by atoms with van der Waals surface area (Å²) in [5.74, 6) is 2.05. The lowest BCUT2D eigenvalue weighted by molar-refractivity contribution is 0.142. The monoisotopic (exact) mass is 364 g/mol. The zero-order valence-electron chi connectivity index (χ0n) is 17.1. The average Bonchev–Trinajstić information content (AvgIpc) is 2.81. The Morgan fingerprint density at radius 3 is 2.89 bits per heavy atom. The number of nitrogens with one attached hydrogen (secondary N) is 1. The van der Waals surface area contributed by atoms with Crippen LogP contribution >= 0.6 is 0 Å². The summed E-state index contributed by atoms with van der Waals surface area (Å²) < 4.78 is 6.38. The summed E-state index contributed by atoms with van der Waals surface area (Å²) >= 11 is 0. The molecule has 4 rings (SSSR count). The van der Waals surface area contributed by atoms with Gasteiger partial charge >= 0.3 is 0 Å². The standard InChI is InChI=1S/C24H32N2O/c1-5-7-8-20-22(6-2)27-23-12-10-17(3)9-11-21(23)26(20)19-15-18-13-14-24(4,16-19)25-18/h5-11,18-19,25H,12-16H2,1-4H3/b7-5-,20-8+,22-6+. The molecule has 0 spiro atoms. The first-order valence-electron chi connectivity index (χ1n) is 10.4. The van der Waals surface area contributed by atoms with E-state index in [4.69, 9.17) is 4.74 Å².